The van der Waals surface area contributed by atoms with Crippen LogP contribution in [0.25, 0.3) is 0 Å². The van der Waals surface area contributed by atoms with Gasteiger partial charge in [0.1, 0.15) is 5.82 Å². The van der Waals surface area contributed by atoms with Gasteiger partial charge in [-0.25, -0.2) is 4.39 Å². The van der Waals surface area contributed by atoms with E-state index in [1.54, 1.807) is 24.3 Å². The second kappa shape index (κ2) is 6.53. The lowest BCUT2D eigenvalue weighted by Crippen LogP contribution is -2.17. The maximum Gasteiger partial charge on any atom is 0.313 e. The Kier molecular flexibility index (Phi) is 4.74. The first-order valence-corrected chi connectivity index (χ1v) is 6.55. The molecule has 2 aromatic rings. The van der Waals surface area contributed by atoms with Gasteiger partial charge in [-0.3, -0.25) is 4.79 Å². The van der Waals surface area contributed by atoms with Crippen molar-refractivity contribution in [1.82, 2.24) is 0 Å². The number of hydrogen-bond acceptors (Lipinski definition) is 2. The van der Waals surface area contributed by atoms with Crippen molar-refractivity contribution in [3.05, 3.63) is 70.5 Å². The Morgan fingerprint density at radius 1 is 1.25 bits per heavy atom. The molecule has 0 fully saturated rings. The first kappa shape index (κ1) is 14.5. The summed E-state index contributed by atoms with van der Waals surface area (Å²) in [7, 11) is 1.33. The van der Waals surface area contributed by atoms with Gasteiger partial charge in [0.2, 0.25) is 0 Å². The number of esters is 1. The molecule has 20 heavy (non-hydrogen) atoms. The molecule has 4 heteroatoms. The number of halogens is 2. The molecule has 0 amide bonds. The summed E-state index contributed by atoms with van der Waals surface area (Å²) < 4.78 is 18.1. The molecule has 0 N–H and O–H groups in total. The predicted octanol–water partition coefficient (Wildman–Crippen LogP) is 3.98. The Hall–Kier alpha value is -1.87. The standard InChI is InChI=1S/C16H14ClFO2/c1-20-16(19)15(12-3-2-4-14(18)10-12)9-11-5-7-13(17)8-6-11/h2-8,10,15H,9H2,1H3/t15-/m1/s1. The highest BCUT2D eigenvalue weighted by atomic mass is 35.5. The number of rotatable bonds is 4. The van der Waals surface area contributed by atoms with Crippen molar-refractivity contribution in [2.45, 2.75) is 12.3 Å². The van der Waals surface area contributed by atoms with E-state index in [2.05, 4.69) is 0 Å². The maximum atomic E-state index is 13.3. The lowest BCUT2D eigenvalue weighted by molar-refractivity contribution is -0.142. The fourth-order valence-electron chi connectivity index (χ4n) is 2.06. The van der Waals surface area contributed by atoms with Gasteiger partial charge >= 0.3 is 5.97 Å². The van der Waals surface area contributed by atoms with Gasteiger partial charge in [-0.1, -0.05) is 35.9 Å². The highest BCUT2D eigenvalue weighted by Crippen LogP contribution is 2.24. The van der Waals surface area contributed by atoms with Crippen LogP contribution in [0.2, 0.25) is 5.02 Å². The molecule has 0 bridgehead atoms. The number of methoxy groups -OCH3 is 1. The maximum absolute atomic E-state index is 13.3. The molecule has 0 saturated carbocycles. The molecule has 0 aliphatic heterocycles. The normalized spacial score (nSPS) is 11.9. The summed E-state index contributed by atoms with van der Waals surface area (Å²) in [5.41, 5.74) is 1.54. The van der Waals surface area contributed by atoms with E-state index in [0.29, 0.717) is 17.0 Å². The van der Waals surface area contributed by atoms with Crippen LogP contribution in [0.5, 0.6) is 0 Å². The van der Waals surface area contributed by atoms with Gasteiger partial charge in [0.15, 0.2) is 0 Å². The summed E-state index contributed by atoms with van der Waals surface area (Å²) in [6.45, 7) is 0. The summed E-state index contributed by atoms with van der Waals surface area (Å²) in [6.07, 6.45) is 0.438. The van der Waals surface area contributed by atoms with Gasteiger partial charge < -0.3 is 4.74 Å². The molecule has 0 spiro atoms. The molecular formula is C16H14ClFO2. The van der Waals surface area contributed by atoms with Crippen molar-refractivity contribution >= 4 is 17.6 Å². The minimum atomic E-state index is -0.531. The summed E-state index contributed by atoms with van der Waals surface area (Å²) in [5.74, 6) is -1.28. The molecule has 0 aromatic heterocycles. The Morgan fingerprint density at radius 2 is 1.95 bits per heavy atom. The van der Waals surface area contributed by atoms with Crippen molar-refractivity contribution in [3.8, 4) is 0 Å². The second-order valence-corrected chi connectivity index (χ2v) is 4.90. The summed E-state index contributed by atoms with van der Waals surface area (Å²) in [4.78, 5) is 11.9. The molecule has 0 aliphatic rings. The first-order valence-electron chi connectivity index (χ1n) is 6.18. The van der Waals surface area contributed by atoms with Crippen LogP contribution < -0.4 is 0 Å². The number of benzene rings is 2. The van der Waals surface area contributed by atoms with Crippen molar-refractivity contribution in [2.75, 3.05) is 7.11 Å². The minimum absolute atomic E-state index is 0.368. The summed E-state index contributed by atoms with van der Waals surface area (Å²) in [5, 5.41) is 0.633. The fraction of sp³-hybridized carbons (Fsp3) is 0.188. The van der Waals surface area contributed by atoms with Gasteiger partial charge in [0.05, 0.1) is 13.0 Å². The average Bonchev–Trinajstić information content (AvgIpc) is 2.46. The zero-order valence-corrected chi connectivity index (χ0v) is 11.7. The fourth-order valence-corrected chi connectivity index (χ4v) is 2.19. The highest BCUT2D eigenvalue weighted by molar-refractivity contribution is 6.30. The largest absolute Gasteiger partial charge is 0.469 e. The lowest BCUT2D eigenvalue weighted by Gasteiger charge is -2.15. The Bertz CT molecular complexity index is 596. The highest BCUT2D eigenvalue weighted by Gasteiger charge is 2.22. The number of carbonyl (C=O) groups is 1. The van der Waals surface area contributed by atoms with Crippen LogP contribution in [0, 0.1) is 5.82 Å². The van der Waals surface area contributed by atoms with Gasteiger partial charge in [0, 0.05) is 5.02 Å². The van der Waals surface area contributed by atoms with E-state index < -0.39 is 5.92 Å². The third-order valence-corrected chi connectivity index (χ3v) is 3.34. The van der Waals surface area contributed by atoms with Crippen LogP contribution in [0.3, 0.4) is 0 Å². The first-order chi connectivity index (χ1) is 9.60. The van der Waals surface area contributed by atoms with Crippen LogP contribution in [0.1, 0.15) is 17.0 Å². The molecular weight excluding hydrogens is 279 g/mol. The number of ether oxygens (including phenoxy) is 1. The third-order valence-electron chi connectivity index (χ3n) is 3.09. The van der Waals surface area contributed by atoms with E-state index in [4.69, 9.17) is 16.3 Å². The minimum Gasteiger partial charge on any atom is -0.469 e. The monoisotopic (exact) mass is 292 g/mol. The Labute approximate surface area is 122 Å². The molecule has 0 saturated heterocycles. The summed E-state index contributed by atoms with van der Waals surface area (Å²) >= 11 is 5.83. The SMILES string of the molecule is COC(=O)[C@H](Cc1ccc(Cl)cc1)c1cccc(F)c1. The number of carbonyl (C=O) groups excluding carboxylic acids is 1. The lowest BCUT2D eigenvalue weighted by atomic mass is 9.92. The Morgan fingerprint density at radius 3 is 2.55 bits per heavy atom. The van der Waals surface area contributed by atoms with Crippen LogP contribution in [0.15, 0.2) is 48.5 Å². The van der Waals surface area contributed by atoms with Gasteiger partial charge in [-0.15, -0.1) is 0 Å². The van der Waals surface area contributed by atoms with E-state index in [0.717, 1.165) is 5.56 Å². The molecule has 0 radical (unpaired) electrons. The van der Waals surface area contributed by atoms with Crippen molar-refractivity contribution in [2.24, 2.45) is 0 Å². The van der Waals surface area contributed by atoms with E-state index in [1.807, 2.05) is 12.1 Å². The molecule has 1 atom stereocenters. The molecule has 0 heterocycles. The molecule has 0 unspecified atom stereocenters. The van der Waals surface area contributed by atoms with Crippen molar-refractivity contribution < 1.29 is 13.9 Å². The van der Waals surface area contributed by atoms with E-state index in [9.17, 15) is 9.18 Å². The predicted molar refractivity (Wildman–Crippen MR) is 76.3 cm³/mol. The molecule has 2 aromatic carbocycles. The quantitative estimate of drug-likeness (QED) is 0.797. The molecule has 2 rings (SSSR count). The van der Waals surface area contributed by atoms with E-state index in [1.165, 1.54) is 19.2 Å². The van der Waals surface area contributed by atoms with Gasteiger partial charge in [-0.05, 0) is 41.8 Å². The van der Waals surface area contributed by atoms with E-state index in [-0.39, 0.29) is 11.8 Å². The Balaban J connectivity index is 2.28. The molecule has 0 aliphatic carbocycles. The van der Waals surface area contributed by atoms with Crippen LogP contribution in [-0.4, -0.2) is 13.1 Å². The average molecular weight is 293 g/mol. The van der Waals surface area contributed by atoms with Gasteiger partial charge in [-0.2, -0.15) is 0 Å². The molecule has 104 valence electrons. The topological polar surface area (TPSA) is 26.3 Å². The van der Waals surface area contributed by atoms with Crippen LogP contribution in [-0.2, 0) is 16.0 Å². The third kappa shape index (κ3) is 3.58. The van der Waals surface area contributed by atoms with Crippen LogP contribution >= 0.6 is 11.6 Å². The van der Waals surface area contributed by atoms with Crippen molar-refractivity contribution in [3.63, 3.8) is 0 Å². The zero-order valence-electron chi connectivity index (χ0n) is 11.0. The number of hydrogen-bond donors (Lipinski definition) is 0. The smallest absolute Gasteiger partial charge is 0.313 e. The molecule has 2 nitrogen and oxygen atoms in total. The van der Waals surface area contributed by atoms with Crippen molar-refractivity contribution in [1.29, 1.82) is 0 Å². The summed E-state index contributed by atoms with van der Waals surface area (Å²) in [6, 6.07) is 13.2. The van der Waals surface area contributed by atoms with Gasteiger partial charge in [0.25, 0.3) is 0 Å². The van der Waals surface area contributed by atoms with Crippen LogP contribution in [0.4, 0.5) is 4.39 Å². The zero-order chi connectivity index (χ0) is 14.5. The second-order valence-electron chi connectivity index (χ2n) is 4.46. The van der Waals surface area contributed by atoms with E-state index >= 15 is 0 Å².